The lowest BCUT2D eigenvalue weighted by atomic mass is 10.1. The Kier molecular flexibility index (Phi) is 5.01. The van der Waals surface area contributed by atoms with E-state index in [1.54, 1.807) is 18.2 Å². The number of nitrogens with one attached hydrogen (secondary N) is 1. The molecule has 3 nitrogen and oxygen atoms in total. The van der Waals surface area contributed by atoms with Gasteiger partial charge in [0.2, 0.25) is 0 Å². The van der Waals surface area contributed by atoms with Crippen LogP contribution in [-0.4, -0.2) is 15.8 Å². The van der Waals surface area contributed by atoms with Crippen LogP contribution >= 0.6 is 11.6 Å². The second kappa shape index (κ2) is 6.58. The van der Waals surface area contributed by atoms with Gasteiger partial charge in [-0.15, -0.1) is 0 Å². The predicted molar refractivity (Wildman–Crippen MR) is 84.2 cm³/mol. The quantitative estimate of drug-likeness (QED) is 0.909. The van der Waals surface area contributed by atoms with Crippen molar-refractivity contribution in [3.05, 3.63) is 51.6 Å². The molecule has 2 rings (SSSR count). The molecule has 0 atom stereocenters. The molecule has 0 bridgehead atoms. The molecule has 0 radical (unpaired) electrons. The van der Waals surface area contributed by atoms with E-state index in [0.717, 1.165) is 17.9 Å². The van der Waals surface area contributed by atoms with Gasteiger partial charge < -0.3 is 5.32 Å². The minimum Gasteiger partial charge on any atom is -0.310 e. The summed E-state index contributed by atoms with van der Waals surface area (Å²) in [7, 11) is 0. The summed E-state index contributed by atoms with van der Waals surface area (Å²) in [5.74, 6) is -0.367. The van der Waals surface area contributed by atoms with E-state index in [9.17, 15) is 4.39 Å². The van der Waals surface area contributed by atoms with Crippen molar-refractivity contribution in [2.45, 2.75) is 46.8 Å². The molecule has 2 aromatic rings. The van der Waals surface area contributed by atoms with E-state index in [0.29, 0.717) is 18.2 Å². The molecule has 0 amide bonds. The first-order chi connectivity index (χ1) is 9.90. The zero-order valence-electron chi connectivity index (χ0n) is 12.9. The number of halogens is 2. The standard InChI is InChI=1S/C16H21ClFN3/c1-10(2)19-8-14-11(3)20-21(12(14)4)9-13-6-5-7-15(17)16(13)18/h5-7,10,19H,8-9H2,1-4H3. The third-order valence-electron chi connectivity index (χ3n) is 3.57. The normalized spacial score (nSPS) is 11.4. The number of aryl methyl sites for hydroxylation is 1. The molecule has 0 spiro atoms. The van der Waals surface area contributed by atoms with Gasteiger partial charge in [0.25, 0.3) is 0 Å². The highest BCUT2D eigenvalue weighted by Crippen LogP contribution is 2.20. The molecule has 0 aliphatic heterocycles. The van der Waals surface area contributed by atoms with E-state index in [4.69, 9.17) is 11.6 Å². The van der Waals surface area contributed by atoms with Crippen LogP contribution in [0.25, 0.3) is 0 Å². The molecule has 1 N–H and O–H groups in total. The van der Waals surface area contributed by atoms with Crippen LogP contribution in [0.4, 0.5) is 4.39 Å². The summed E-state index contributed by atoms with van der Waals surface area (Å²) in [5, 5.41) is 8.06. The van der Waals surface area contributed by atoms with E-state index < -0.39 is 0 Å². The zero-order chi connectivity index (χ0) is 15.6. The van der Waals surface area contributed by atoms with E-state index in [1.807, 2.05) is 18.5 Å². The number of hydrogen-bond acceptors (Lipinski definition) is 2. The predicted octanol–water partition coefficient (Wildman–Crippen LogP) is 3.84. The van der Waals surface area contributed by atoms with Crippen molar-refractivity contribution in [1.29, 1.82) is 0 Å². The molecule has 0 aliphatic carbocycles. The first kappa shape index (κ1) is 16.0. The molecule has 0 saturated heterocycles. The van der Waals surface area contributed by atoms with Crippen LogP contribution in [0.3, 0.4) is 0 Å². The van der Waals surface area contributed by atoms with Crippen molar-refractivity contribution in [1.82, 2.24) is 15.1 Å². The van der Waals surface area contributed by atoms with Crippen molar-refractivity contribution in [3.8, 4) is 0 Å². The van der Waals surface area contributed by atoms with E-state index in [1.165, 1.54) is 5.56 Å². The van der Waals surface area contributed by atoms with Crippen LogP contribution in [0.15, 0.2) is 18.2 Å². The smallest absolute Gasteiger partial charge is 0.146 e. The fourth-order valence-electron chi connectivity index (χ4n) is 2.28. The topological polar surface area (TPSA) is 29.9 Å². The zero-order valence-corrected chi connectivity index (χ0v) is 13.6. The fourth-order valence-corrected chi connectivity index (χ4v) is 2.48. The minimum absolute atomic E-state index is 0.149. The Morgan fingerprint density at radius 2 is 2.05 bits per heavy atom. The van der Waals surface area contributed by atoms with Crippen LogP contribution in [0.2, 0.25) is 5.02 Å². The second-order valence-corrected chi connectivity index (χ2v) is 5.96. The van der Waals surface area contributed by atoms with Crippen molar-refractivity contribution in [2.24, 2.45) is 0 Å². The lowest BCUT2D eigenvalue weighted by molar-refractivity contribution is 0.574. The minimum atomic E-state index is -0.367. The Bertz CT molecular complexity index is 635. The van der Waals surface area contributed by atoms with Gasteiger partial charge in [0.05, 0.1) is 17.3 Å². The Hall–Kier alpha value is -1.39. The lowest BCUT2D eigenvalue weighted by Crippen LogP contribution is -2.22. The molecule has 21 heavy (non-hydrogen) atoms. The summed E-state index contributed by atoms with van der Waals surface area (Å²) in [5.41, 5.74) is 3.76. The summed E-state index contributed by atoms with van der Waals surface area (Å²) in [4.78, 5) is 0. The maximum absolute atomic E-state index is 14.0. The van der Waals surface area contributed by atoms with Gasteiger partial charge in [-0.3, -0.25) is 4.68 Å². The monoisotopic (exact) mass is 309 g/mol. The number of benzene rings is 1. The lowest BCUT2D eigenvalue weighted by Gasteiger charge is -2.09. The van der Waals surface area contributed by atoms with Gasteiger partial charge >= 0.3 is 0 Å². The van der Waals surface area contributed by atoms with Gasteiger partial charge in [0, 0.05) is 29.4 Å². The van der Waals surface area contributed by atoms with Crippen molar-refractivity contribution < 1.29 is 4.39 Å². The maximum atomic E-state index is 14.0. The maximum Gasteiger partial charge on any atom is 0.146 e. The van der Waals surface area contributed by atoms with E-state index >= 15 is 0 Å². The molecule has 114 valence electrons. The Balaban J connectivity index is 2.25. The van der Waals surface area contributed by atoms with E-state index in [-0.39, 0.29) is 10.8 Å². The van der Waals surface area contributed by atoms with Gasteiger partial charge in [0.15, 0.2) is 0 Å². The van der Waals surface area contributed by atoms with Crippen molar-refractivity contribution >= 4 is 11.6 Å². The fraction of sp³-hybridized carbons (Fsp3) is 0.438. The number of hydrogen-bond donors (Lipinski definition) is 1. The third-order valence-corrected chi connectivity index (χ3v) is 3.86. The summed E-state index contributed by atoms with van der Waals surface area (Å²) in [6.07, 6.45) is 0. The highest BCUT2D eigenvalue weighted by atomic mass is 35.5. The van der Waals surface area contributed by atoms with Crippen LogP contribution in [0, 0.1) is 19.7 Å². The first-order valence-electron chi connectivity index (χ1n) is 7.09. The van der Waals surface area contributed by atoms with Crippen LogP contribution in [-0.2, 0) is 13.1 Å². The summed E-state index contributed by atoms with van der Waals surface area (Å²) < 4.78 is 15.8. The average Bonchev–Trinajstić information content (AvgIpc) is 2.68. The van der Waals surface area contributed by atoms with Gasteiger partial charge in [-0.25, -0.2) is 4.39 Å². The van der Waals surface area contributed by atoms with Gasteiger partial charge in [-0.1, -0.05) is 37.6 Å². The highest BCUT2D eigenvalue weighted by molar-refractivity contribution is 6.30. The average molecular weight is 310 g/mol. The van der Waals surface area contributed by atoms with E-state index in [2.05, 4.69) is 24.3 Å². The summed E-state index contributed by atoms with van der Waals surface area (Å²) >= 11 is 5.83. The second-order valence-electron chi connectivity index (χ2n) is 5.56. The number of rotatable bonds is 5. The largest absolute Gasteiger partial charge is 0.310 e. The molecule has 1 aromatic carbocycles. The Morgan fingerprint density at radius 1 is 1.33 bits per heavy atom. The molecule has 0 fully saturated rings. The van der Waals surface area contributed by atoms with Gasteiger partial charge in [-0.2, -0.15) is 5.10 Å². The molecule has 5 heteroatoms. The van der Waals surface area contributed by atoms with Crippen LogP contribution in [0.1, 0.15) is 36.4 Å². The molecular formula is C16H21ClFN3. The Morgan fingerprint density at radius 3 is 2.71 bits per heavy atom. The molecule has 0 unspecified atom stereocenters. The molecular weight excluding hydrogens is 289 g/mol. The summed E-state index contributed by atoms with van der Waals surface area (Å²) in [6.45, 7) is 9.37. The van der Waals surface area contributed by atoms with Crippen LogP contribution < -0.4 is 5.32 Å². The van der Waals surface area contributed by atoms with Gasteiger partial charge in [-0.05, 0) is 19.9 Å². The van der Waals surface area contributed by atoms with Crippen LogP contribution in [0.5, 0.6) is 0 Å². The number of nitrogens with zero attached hydrogens (tertiary/aromatic N) is 2. The molecule has 1 heterocycles. The Labute approximate surface area is 130 Å². The molecule has 0 aliphatic rings. The third kappa shape index (κ3) is 3.63. The first-order valence-corrected chi connectivity index (χ1v) is 7.47. The van der Waals surface area contributed by atoms with Crippen molar-refractivity contribution in [2.75, 3.05) is 0 Å². The summed E-state index contributed by atoms with van der Waals surface area (Å²) in [6, 6.07) is 5.47. The van der Waals surface area contributed by atoms with Gasteiger partial charge in [0.1, 0.15) is 5.82 Å². The SMILES string of the molecule is Cc1nn(Cc2cccc(Cl)c2F)c(C)c1CNC(C)C. The number of aromatic nitrogens is 2. The highest BCUT2D eigenvalue weighted by Gasteiger charge is 2.14. The van der Waals surface area contributed by atoms with Crippen molar-refractivity contribution in [3.63, 3.8) is 0 Å². The molecule has 1 aromatic heterocycles. The molecule has 0 saturated carbocycles.